The molecule has 0 fully saturated rings. The summed E-state index contributed by atoms with van der Waals surface area (Å²) in [4.78, 5) is 16.3. The van der Waals surface area contributed by atoms with Crippen LogP contribution in [0.5, 0.6) is 0 Å². The lowest BCUT2D eigenvalue weighted by Gasteiger charge is -2.17. The molecule has 1 N–H and O–H groups in total. The highest BCUT2D eigenvalue weighted by atomic mass is 16.7. The predicted molar refractivity (Wildman–Crippen MR) is 54.5 cm³/mol. The van der Waals surface area contributed by atoms with E-state index in [4.69, 9.17) is 9.94 Å². The predicted octanol–water partition coefficient (Wildman–Crippen LogP) is 1.34. The van der Waals surface area contributed by atoms with Gasteiger partial charge >= 0.3 is 5.97 Å². The van der Waals surface area contributed by atoms with Gasteiger partial charge in [-0.15, -0.1) is 5.06 Å². The number of hydrogen-bond donors (Lipinski definition) is 1. The van der Waals surface area contributed by atoms with E-state index in [-0.39, 0.29) is 12.1 Å². The second kappa shape index (κ2) is 7.76. The molecule has 0 bridgehead atoms. The van der Waals surface area contributed by atoms with Gasteiger partial charge in [0.25, 0.3) is 0 Å². The fourth-order valence-electron chi connectivity index (χ4n) is 1.08. The van der Waals surface area contributed by atoms with Gasteiger partial charge in [-0.2, -0.15) is 0 Å². The maximum atomic E-state index is 11.2. The van der Waals surface area contributed by atoms with Crippen LogP contribution in [0.3, 0.4) is 0 Å². The molecule has 0 aliphatic carbocycles. The topological polar surface area (TPSA) is 49.8 Å². The molecular formula is C10H21NO3. The molecule has 0 aliphatic rings. The first-order valence-electron chi connectivity index (χ1n) is 5.23. The summed E-state index contributed by atoms with van der Waals surface area (Å²) in [5.41, 5.74) is 0. The Labute approximate surface area is 85.8 Å². The van der Waals surface area contributed by atoms with Crippen LogP contribution in [-0.2, 0) is 9.63 Å². The van der Waals surface area contributed by atoms with E-state index < -0.39 is 0 Å². The molecule has 0 aliphatic heterocycles. The van der Waals surface area contributed by atoms with Crippen molar-refractivity contribution in [1.29, 1.82) is 0 Å². The van der Waals surface area contributed by atoms with Crippen LogP contribution >= 0.6 is 0 Å². The zero-order valence-electron chi connectivity index (χ0n) is 9.32. The first-order valence-corrected chi connectivity index (χ1v) is 5.23. The highest BCUT2D eigenvalue weighted by molar-refractivity contribution is 5.68. The number of carbonyl (C=O) groups excluding carboxylic acids is 1. The van der Waals surface area contributed by atoms with E-state index >= 15 is 0 Å². The Hall–Kier alpha value is -0.610. The standard InChI is InChI=1S/C10H21NO3/c1-4-11(5-2)14-10(13)8-6-7-9(3)12/h9,12H,4-8H2,1-3H3. The van der Waals surface area contributed by atoms with E-state index in [1.807, 2.05) is 13.8 Å². The number of hydroxylamine groups is 2. The Balaban J connectivity index is 3.54. The maximum Gasteiger partial charge on any atom is 0.325 e. The van der Waals surface area contributed by atoms with Crippen LogP contribution in [0.15, 0.2) is 0 Å². The number of rotatable bonds is 7. The van der Waals surface area contributed by atoms with Gasteiger partial charge in [0.1, 0.15) is 0 Å². The SMILES string of the molecule is CCN(CC)OC(=O)CCCC(C)O. The van der Waals surface area contributed by atoms with Crippen molar-refractivity contribution in [3.05, 3.63) is 0 Å². The van der Waals surface area contributed by atoms with Gasteiger partial charge in [-0.05, 0) is 33.6 Å². The zero-order chi connectivity index (χ0) is 11.0. The van der Waals surface area contributed by atoms with Crippen molar-refractivity contribution in [3.8, 4) is 0 Å². The van der Waals surface area contributed by atoms with Crippen LogP contribution in [0.2, 0.25) is 0 Å². The van der Waals surface area contributed by atoms with Crippen molar-refractivity contribution < 1.29 is 14.7 Å². The van der Waals surface area contributed by atoms with Crippen molar-refractivity contribution in [2.45, 2.75) is 46.1 Å². The highest BCUT2D eigenvalue weighted by Crippen LogP contribution is 2.02. The van der Waals surface area contributed by atoms with Gasteiger partial charge in [0, 0.05) is 19.5 Å². The number of aliphatic hydroxyl groups excluding tert-OH is 1. The molecular weight excluding hydrogens is 182 g/mol. The molecule has 4 heteroatoms. The minimum Gasteiger partial charge on any atom is -0.393 e. The normalized spacial score (nSPS) is 12.9. The number of hydrogen-bond acceptors (Lipinski definition) is 4. The monoisotopic (exact) mass is 203 g/mol. The lowest BCUT2D eigenvalue weighted by molar-refractivity contribution is -0.188. The van der Waals surface area contributed by atoms with E-state index in [1.165, 1.54) is 0 Å². The lowest BCUT2D eigenvalue weighted by Crippen LogP contribution is -2.26. The average molecular weight is 203 g/mol. The van der Waals surface area contributed by atoms with Gasteiger partial charge in [-0.1, -0.05) is 0 Å². The molecule has 0 heterocycles. The van der Waals surface area contributed by atoms with Crippen LogP contribution in [0, 0.1) is 0 Å². The Morgan fingerprint density at radius 2 is 2.00 bits per heavy atom. The Bertz CT molecular complexity index is 155. The highest BCUT2D eigenvalue weighted by Gasteiger charge is 2.08. The number of nitrogens with zero attached hydrogens (tertiary/aromatic N) is 1. The molecule has 0 rings (SSSR count). The first-order chi connectivity index (χ1) is 6.60. The second-order valence-corrected chi connectivity index (χ2v) is 3.32. The zero-order valence-corrected chi connectivity index (χ0v) is 9.32. The Kier molecular flexibility index (Phi) is 7.42. The number of aliphatic hydroxyl groups is 1. The molecule has 0 amide bonds. The van der Waals surface area contributed by atoms with E-state index in [1.54, 1.807) is 12.0 Å². The van der Waals surface area contributed by atoms with Gasteiger partial charge in [0.2, 0.25) is 0 Å². The van der Waals surface area contributed by atoms with E-state index in [0.29, 0.717) is 32.4 Å². The maximum absolute atomic E-state index is 11.2. The third-order valence-electron chi connectivity index (χ3n) is 1.94. The lowest BCUT2D eigenvalue weighted by atomic mass is 10.2. The van der Waals surface area contributed by atoms with Gasteiger partial charge in [-0.3, -0.25) is 4.79 Å². The quantitative estimate of drug-likeness (QED) is 0.634. The third-order valence-corrected chi connectivity index (χ3v) is 1.94. The summed E-state index contributed by atoms with van der Waals surface area (Å²) in [5, 5.41) is 10.6. The Morgan fingerprint density at radius 3 is 2.43 bits per heavy atom. The van der Waals surface area contributed by atoms with Crippen LogP contribution in [0.1, 0.15) is 40.0 Å². The smallest absolute Gasteiger partial charge is 0.325 e. The second-order valence-electron chi connectivity index (χ2n) is 3.32. The Morgan fingerprint density at radius 1 is 1.43 bits per heavy atom. The molecule has 0 aromatic carbocycles. The fourth-order valence-corrected chi connectivity index (χ4v) is 1.08. The van der Waals surface area contributed by atoms with E-state index in [9.17, 15) is 4.79 Å². The molecule has 0 saturated heterocycles. The van der Waals surface area contributed by atoms with Crippen molar-refractivity contribution in [2.24, 2.45) is 0 Å². The van der Waals surface area contributed by atoms with Gasteiger partial charge in [0.05, 0.1) is 6.10 Å². The summed E-state index contributed by atoms with van der Waals surface area (Å²) >= 11 is 0. The van der Waals surface area contributed by atoms with E-state index in [2.05, 4.69) is 0 Å². The molecule has 0 aromatic heterocycles. The van der Waals surface area contributed by atoms with Gasteiger partial charge in [-0.25, -0.2) is 0 Å². The summed E-state index contributed by atoms with van der Waals surface area (Å²) in [6.07, 6.45) is 1.36. The molecule has 0 aromatic rings. The van der Waals surface area contributed by atoms with Crippen LogP contribution in [-0.4, -0.2) is 35.3 Å². The minimum absolute atomic E-state index is 0.214. The van der Waals surface area contributed by atoms with Crippen LogP contribution in [0.4, 0.5) is 0 Å². The number of carbonyl (C=O) groups is 1. The summed E-state index contributed by atoms with van der Waals surface area (Å²) in [5.74, 6) is -0.214. The summed E-state index contributed by atoms with van der Waals surface area (Å²) in [6.45, 7) is 7.01. The molecule has 0 radical (unpaired) electrons. The van der Waals surface area contributed by atoms with Crippen molar-refractivity contribution in [2.75, 3.05) is 13.1 Å². The molecule has 84 valence electrons. The third kappa shape index (κ3) is 6.86. The largest absolute Gasteiger partial charge is 0.393 e. The summed E-state index contributed by atoms with van der Waals surface area (Å²) in [6, 6.07) is 0. The van der Waals surface area contributed by atoms with Crippen molar-refractivity contribution >= 4 is 5.97 Å². The van der Waals surface area contributed by atoms with Gasteiger partial charge in [0.15, 0.2) is 0 Å². The fraction of sp³-hybridized carbons (Fsp3) is 0.900. The molecule has 1 unspecified atom stereocenters. The summed E-state index contributed by atoms with van der Waals surface area (Å²) in [7, 11) is 0. The van der Waals surface area contributed by atoms with Crippen molar-refractivity contribution in [1.82, 2.24) is 5.06 Å². The molecule has 4 nitrogen and oxygen atoms in total. The van der Waals surface area contributed by atoms with E-state index in [0.717, 1.165) is 0 Å². The first kappa shape index (κ1) is 13.4. The molecule has 0 spiro atoms. The van der Waals surface area contributed by atoms with Crippen molar-refractivity contribution in [3.63, 3.8) is 0 Å². The molecule has 14 heavy (non-hydrogen) atoms. The summed E-state index contributed by atoms with van der Waals surface area (Å²) < 4.78 is 0. The minimum atomic E-state index is -0.337. The van der Waals surface area contributed by atoms with Crippen LogP contribution < -0.4 is 0 Å². The average Bonchev–Trinajstić information content (AvgIpc) is 2.13. The molecule has 1 atom stereocenters. The van der Waals surface area contributed by atoms with Gasteiger partial charge < -0.3 is 9.94 Å². The molecule has 0 saturated carbocycles. The van der Waals surface area contributed by atoms with Crippen LogP contribution in [0.25, 0.3) is 0 Å².